The molecule has 0 bridgehead atoms. The van der Waals surface area contributed by atoms with Crippen LogP contribution in [0.25, 0.3) is 0 Å². The summed E-state index contributed by atoms with van der Waals surface area (Å²) >= 11 is 0. The van der Waals surface area contributed by atoms with Crippen molar-refractivity contribution in [2.75, 3.05) is 19.8 Å². The fourth-order valence-corrected chi connectivity index (χ4v) is 3.80. The van der Waals surface area contributed by atoms with Gasteiger partial charge in [-0.25, -0.2) is 13.1 Å². The van der Waals surface area contributed by atoms with Crippen molar-refractivity contribution < 1.29 is 18.3 Å². The third-order valence-corrected chi connectivity index (χ3v) is 5.61. The van der Waals surface area contributed by atoms with E-state index in [1.807, 2.05) is 0 Å². The molecule has 20 heavy (non-hydrogen) atoms. The van der Waals surface area contributed by atoms with Gasteiger partial charge in [-0.3, -0.25) is 0 Å². The topological polar surface area (TPSA) is 75.6 Å². The minimum atomic E-state index is -3.48. The molecule has 0 atom stereocenters. The Kier molecular flexibility index (Phi) is 3.48. The molecule has 0 unspecified atom stereocenters. The van der Waals surface area contributed by atoms with Crippen molar-refractivity contribution in [3.8, 4) is 5.75 Å². The van der Waals surface area contributed by atoms with Gasteiger partial charge in [-0.2, -0.15) is 0 Å². The molecule has 0 saturated heterocycles. The number of aliphatic hydroxyl groups is 1. The normalized spacial score (nSPS) is 19.4. The molecule has 6 heteroatoms. The fraction of sp³-hybridized carbons (Fsp3) is 0.571. The van der Waals surface area contributed by atoms with Gasteiger partial charge >= 0.3 is 0 Å². The molecule has 0 radical (unpaired) electrons. The van der Waals surface area contributed by atoms with E-state index in [4.69, 9.17) is 9.84 Å². The summed E-state index contributed by atoms with van der Waals surface area (Å²) in [7, 11) is -3.48. The quantitative estimate of drug-likeness (QED) is 0.823. The minimum Gasteiger partial charge on any atom is -0.493 e. The second kappa shape index (κ2) is 5.02. The number of fused-ring (bicyclic) bond motifs is 1. The first-order valence-corrected chi connectivity index (χ1v) is 8.39. The van der Waals surface area contributed by atoms with E-state index in [9.17, 15) is 8.42 Å². The highest BCUT2D eigenvalue weighted by atomic mass is 32.2. The third-order valence-electron chi connectivity index (χ3n) is 4.21. The van der Waals surface area contributed by atoms with Crippen LogP contribution >= 0.6 is 0 Å². The first-order chi connectivity index (χ1) is 9.55. The number of ether oxygens (including phenoxy) is 1. The van der Waals surface area contributed by atoms with Crippen LogP contribution in [0.4, 0.5) is 0 Å². The predicted octanol–water partition coefficient (Wildman–Crippen LogP) is 1.06. The molecule has 2 aliphatic rings. The van der Waals surface area contributed by atoms with Gasteiger partial charge in [0.15, 0.2) is 0 Å². The SMILES string of the molecule is O=S(=O)(NCC1(CCO)CC1)c1ccc2c(c1)CCO2. The number of sulfonamides is 1. The maximum atomic E-state index is 12.3. The van der Waals surface area contributed by atoms with Gasteiger partial charge in [0.2, 0.25) is 10.0 Å². The second-order valence-electron chi connectivity index (χ2n) is 5.67. The van der Waals surface area contributed by atoms with Crippen LogP contribution in [0.15, 0.2) is 23.1 Å². The van der Waals surface area contributed by atoms with Crippen LogP contribution in [0.5, 0.6) is 5.75 Å². The summed E-state index contributed by atoms with van der Waals surface area (Å²) in [6.07, 6.45) is 3.38. The van der Waals surface area contributed by atoms with E-state index >= 15 is 0 Å². The van der Waals surface area contributed by atoms with E-state index in [2.05, 4.69) is 4.72 Å². The highest BCUT2D eigenvalue weighted by Gasteiger charge is 2.42. The van der Waals surface area contributed by atoms with Crippen molar-refractivity contribution in [2.45, 2.75) is 30.6 Å². The predicted molar refractivity (Wildman–Crippen MR) is 74.2 cm³/mol. The average molecular weight is 297 g/mol. The summed E-state index contributed by atoms with van der Waals surface area (Å²) in [4.78, 5) is 0.293. The zero-order valence-electron chi connectivity index (χ0n) is 11.3. The number of rotatable bonds is 6. The van der Waals surface area contributed by atoms with E-state index in [0.717, 1.165) is 30.6 Å². The van der Waals surface area contributed by atoms with Crippen LogP contribution in [0.3, 0.4) is 0 Å². The lowest BCUT2D eigenvalue weighted by Crippen LogP contribution is -2.30. The Bertz CT molecular complexity index is 608. The lowest BCUT2D eigenvalue weighted by Gasteiger charge is -2.15. The lowest BCUT2D eigenvalue weighted by atomic mass is 10.0. The molecule has 1 aliphatic heterocycles. The van der Waals surface area contributed by atoms with Crippen LogP contribution in [0.2, 0.25) is 0 Å². The van der Waals surface area contributed by atoms with E-state index < -0.39 is 10.0 Å². The molecule has 1 heterocycles. The van der Waals surface area contributed by atoms with Gasteiger partial charge in [-0.1, -0.05) is 0 Å². The van der Waals surface area contributed by atoms with Crippen molar-refractivity contribution in [1.29, 1.82) is 0 Å². The van der Waals surface area contributed by atoms with Crippen molar-refractivity contribution in [3.63, 3.8) is 0 Å². The van der Waals surface area contributed by atoms with E-state index in [1.165, 1.54) is 0 Å². The van der Waals surface area contributed by atoms with Crippen molar-refractivity contribution in [2.24, 2.45) is 5.41 Å². The van der Waals surface area contributed by atoms with Gasteiger partial charge in [0.05, 0.1) is 11.5 Å². The first-order valence-electron chi connectivity index (χ1n) is 6.91. The van der Waals surface area contributed by atoms with Crippen LogP contribution in [0.1, 0.15) is 24.8 Å². The van der Waals surface area contributed by atoms with Gasteiger partial charge in [-0.15, -0.1) is 0 Å². The van der Waals surface area contributed by atoms with Gasteiger partial charge in [0.25, 0.3) is 0 Å². The van der Waals surface area contributed by atoms with E-state index in [0.29, 0.717) is 24.5 Å². The number of hydrogen-bond donors (Lipinski definition) is 2. The molecule has 5 nitrogen and oxygen atoms in total. The average Bonchev–Trinajstić information content (AvgIpc) is 3.03. The summed E-state index contributed by atoms with van der Waals surface area (Å²) in [5, 5.41) is 9.00. The molecule has 0 amide bonds. The second-order valence-corrected chi connectivity index (χ2v) is 7.43. The van der Waals surface area contributed by atoms with Crippen molar-refractivity contribution in [1.82, 2.24) is 4.72 Å². The summed E-state index contributed by atoms with van der Waals surface area (Å²) in [5.74, 6) is 0.780. The Labute approximate surface area is 119 Å². The summed E-state index contributed by atoms with van der Waals surface area (Å²) < 4.78 is 32.6. The van der Waals surface area contributed by atoms with Crippen LogP contribution in [0, 0.1) is 5.41 Å². The molecule has 1 aromatic carbocycles. The van der Waals surface area contributed by atoms with Gasteiger partial charge < -0.3 is 9.84 Å². The highest BCUT2D eigenvalue weighted by Crippen LogP contribution is 2.48. The molecule has 1 aliphatic carbocycles. The van der Waals surface area contributed by atoms with Crippen LogP contribution in [-0.4, -0.2) is 33.3 Å². The van der Waals surface area contributed by atoms with E-state index in [-0.39, 0.29) is 12.0 Å². The summed E-state index contributed by atoms with van der Waals surface area (Å²) in [5.41, 5.74) is 0.922. The van der Waals surface area contributed by atoms with Crippen molar-refractivity contribution >= 4 is 10.0 Å². The fourth-order valence-electron chi connectivity index (χ4n) is 2.59. The van der Waals surface area contributed by atoms with Gasteiger partial charge in [0.1, 0.15) is 5.75 Å². The van der Waals surface area contributed by atoms with Crippen LogP contribution in [-0.2, 0) is 16.4 Å². The Balaban J connectivity index is 1.72. The molecule has 1 aromatic rings. The number of hydrogen-bond acceptors (Lipinski definition) is 4. The highest BCUT2D eigenvalue weighted by molar-refractivity contribution is 7.89. The Morgan fingerprint density at radius 3 is 2.85 bits per heavy atom. The maximum Gasteiger partial charge on any atom is 0.240 e. The van der Waals surface area contributed by atoms with Gasteiger partial charge in [-0.05, 0) is 48.4 Å². The number of nitrogens with one attached hydrogen (secondary N) is 1. The molecule has 3 rings (SSSR count). The Morgan fingerprint density at radius 2 is 2.15 bits per heavy atom. The van der Waals surface area contributed by atoms with E-state index in [1.54, 1.807) is 18.2 Å². The molecule has 1 fully saturated rings. The molecule has 2 N–H and O–H groups in total. The monoisotopic (exact) mass is 297 g/mol. The summed E-state index contributed by atoms with van der Waals surface area (Å²) in [6.45, 7) is 1.13. The minimum absolute atomic E-state index is 0.0261. The summed E-state index contributed by atoms with van der Waals surface area (Å²) in [6, 6.07) is 4.99. The van der Waals surface area contributed by atoms with Crippen LogP contribution < -0.4 is 9.46 Å². The van der Waals surface area contributed by atoms with Gasteiger partial charge in [0, 0.05) is 19.6 Å². The number of aliphatic hydroxyl groups excluding tert-OH is 1. The zero-order valence-corrected chi connectivity index (χ0v) is 12.1. The molecule has 0 aromatic heterocycles. The Morgan fingerprint density at radius 1 is 1.35 bits per heavy atom. The molecule has 110 valence electrons. The van der Waals surface area contributed by atoms with Crippen molar-refractivity contribution in [3.05, 3.63) is 23.8 Å². The first kappa shape index (κ1) is 13.9. The molecular weight excluding hydrogens is 278 g/mol. The molecular formula is C14H19NO4S. The maximum absolute atomic E-state index is 12.3. The number of benzene rings is 1. The molecule has 0 spiro atoms. The zero-order chi connectivity index (χ0) is 14.2. The third kappa shape index (κ3) is 2.68. The smallest absolute Gasteiger partial charge is 0.240 e. The lowest BCUT2D eigenvalue weighted by molar-refractivity contribution is 0.249. The Hall–Kier alpha value is -1.11. The largest absolute Gasteiger partial charge is 0.493 e. The standard InChI is InChI=1S/C14H19NO4S/c16-7-6-14(4-5-14)10-15-20(17,18)12-1-2-13-11(9-12)3-8-19-13/h1-2,9,15-16H,3-8,10H2. The molecule has 1 saturated carbocycles.